The van der Waals surface area contributed by atoms with E-state index in [0.717, 1.165) is 12.1 Å². The third-order valence-electron chi connectivity index (χ3n) is 3.21. The number of methoxy groups -OCH3 is 1. The first-order valence-corrected chi connectivity index (χ1v) is 7.47. The lowest BCUT2D eigenvalue weighted by molar-refractivity contribution is -0.122. The van der Waals surface area contributed by atoms with Gasteiger partial charge in [0.05, 0.1) is 18.8 Å². The fourth-order valence-corrected chi connectivity index (χ4v) is 2.12. The Morgan fingerprint density at radius 2 is 2.13 bits per heavy atom. The van der Waals surface area contributed by atoms with Crippen LogP contribution in [0.5, 0.6) is 0 Å². The van der Waals surface area contributed by atoms with Crippen molar-refractivity contribution in [3.63, 3.8) is 0 Å². The quantitative estimate of drug-likeness (QED) is 0.667. The predicted octanol–water partition coefficient (Wildman–Crippen LogP) is 0.247. The first kappa shape index (κ1) is 17.0. The zero-order valence-corrected chi connectivity index (χ0v) is 13.5. The number of rotatable bonds is 9. The number of carbonyl (C=O) groups excluding carboxylic acids is 1. The summed E-state index contributed by atoms with van der Waals surface area (Å²) in [6.07, 6.45) is 0.804. The molecule has 0 saturated carbocycles. The average molecular weight is 318 g/mol. The van der Waals surface area contributed by atoms with Gasteiger partial charge in [-0.2, -0.15) is 4.68 Å². The molecule has 0 fully saturated rings. The third-order valence-corrected chi connectivity index (χ3v) is 3.21. The lowest BCUT2D eigenvalue weighted by atomic mass is 10.3. The van der Waals surface area contributed by atoms with Crippen molar-refractivity contribution in [3.8, 4) is 5.69 Å². The van der Waals surface area contributed by atoms with Crippen molar-refractivity contribution in [2.45, 2.75) is 13.0 Å². The molecule has 8 nitrogen and oxygen atoms in total. The molecule has 1 aromatic heterocycles. The zero-order chi connectivity index (χ0) is 16.5. The summed E-state index contributed by atoms with van der Waals surface area (Å²) in [5.74, 6) is 0.660. The maximum Gasteiger partial charge on any atom is 0.234 e. The molecule has 0 aliphatic carbocycles. The molecule has 1 heterocycles. The fraction of sp³-hybridized carbons (Fsp3) is 0.467. The number of hydrogen-bond acceptors (Lipinski definition) is 6. The second-order valence-corrected chi connectivity index (χ2v) is 5.21. The SMILES string of the molecule is COCCCNC(=O)CN(C)Cc1nnnn1-c1ccccc1. The highest BCUT2D eigenvalue weighted by Crippen LogP contribution is 2.08. The molecule has 0 radical (unpaired) electrons. The first-order valence-electron chi connectivity index (χ1n) is 7.47. The highest BCUT2D eigenvalue weighted by molar-refractivity contribution is 5.77. The molecule has 1 aromatic carbocycles. The molecule has 124 valence electrons. The van der Waals surface area contributed by atoms with E-state index in [0.29, 0.717) is 25.5 Å². The molecular formula is C15H22N6O2. The van der Waals surface area contributed by atoms with Crippen LogP contribution in [-0.2, 0) is 16.1 Å². The number of likely N-dealkylation sites (N-methyl/N-ethyl adjacent to an activating group) is 1. The van der Waals surface area contributed by atoms with E-state index in [2.05, 4.69) is 20.8 Å². The molecule has 8 heteroatoms. The molecule has 0 atom stereocenters. The summed E-state index contributed by atoms with van der Waals surface area (Å²) < 4.78 is 6.62. The van der Waals surface area contributed by atoms with Gasteiger partial charge in [0, 0.05) is 20.3 Å². The van der Waals surface area contributed by atoms with E-state index in [9.17, 15) is 4.79 Å². The Hall–Kier alpha value is -2.32. The van der Waals surface area contributed by atoms with Gasteiger partial charge in [0.1, 0.15) is 0 Å². The molecule has 0 bridgehead atoms. The van der Waals surface area contributed by atoms with Crippen LogP contribution in [0.1, 0.15) is 12.2 Å². The van der Waals surface area contributed by atoms with Gasteiger partial charge in [0.15, 0.2) is 5.82 Å². The summed E-state index contributed by atoms with van der Waals surface area (Å²) in [5, 5.41) is 14.6. The number of tetrazole rings is 1. The van der Waals surface area contributed by atoms with Gasteiger partial charge >= 0.3 is 0 Å². The van der Waals surface area contributed by atoms with Crippen molar-refractivity contribution in [2.24, 2.45) is 0 Å². The molecule has 1 N–H and O–H groups in total. The standard InChI is InChI=1S/C15H22N6O2/c1-20(12-15(22)16-9-6-10-23-2)11-14-17-18-19-21(14)13-7-4-3-5-8-13/h3-5,7-8H,6,9-12H2,1-2H3,(H,16,22). The van der Waals surface area contributed by atoms with Crippen LogP contribution in [0.15, 0.2) is 30.3 Å². The molecular weight excluding hydrogens is 296 g/mol. The maximum absolute atomic E-state index is 11.8. The van der Waals surface area contributed by atoms with E-state index in [1.807, 2.05) is 42.3 Å². The monoisotopic (exact) mass is 318 g/mol. The number of amides is 1. The van der Waals surface area contributed by atoms with Crippen molar-refractivity contribution in [1.82, 2.24) is 30.4 Å². The van der Waals surface area contributed by atoms with E-state index in [4.69, 9.17) is 4.74 Å². The van der Waals surface area contributed by atoms with Gasteiger partial charge in [-0.25, -0.2) is 0 Å². The summed E-state index contributed by atoms with van der Waals surface area (Å²) >= 11 is 0. The van der Waals surface area contributed by atoms with E-state index < -0.39 is 0 Å². The Bertz CT molecular complexity index is 601. The van der Waals surface area contributed by atoms with Crippen LogP contribution < -0.4 is 5.32 Å². The van der Waals surface area contributed by atoms with Crippen molar-refractivity contribution >= 4 is 5.91 Å². The predicted molar refractivity (Wildman–Crippen MR) is 85.0 cm³/mol. The van der Waals surface area contributed by atoms with Crippen molar-refractivity contribution in [3.05, 3.63) is 36.2 Å². The van der Waals surface area contributed by atoms with Gasteiger partial charge in [0.2, 0.25) is 5.91 Å². The molecule has 0 aliphatic rings. The number of benzene rings is 1. The zero-order valence-electron chi connectivity index (χ0n) is 13.5. The van der Waals surface area contributed by atoms with Gasteiger partial charge in [0.25, 0.3) is 0 Å². The average Bonchev–Trinajstić information content (AvgIpc) is 3.00. The molecule has 0 aliphatic heterocycles. The van der Waals surface area contributed by atoms with Crippen molar-refractivity contribution < 1.29 is 9.53 Å². The van der Waals surface area contributed by atoms with Gasteiger partial charge in [-0.05, 0) is 36.0 Å². The Balaban J connectivity index is 1.85. The largest absolute Gasteiger partial charge is 0.385 e. The lowest BCUT2D eigenvalue weighted by Crippen LogP contribution is -2.36. The van der Waals surface area contributed by atoms with Crippen LogP contribution >= 0.6 is 0 Å². The molecule has 0 unspecified atom stereocenters. The number of aromatic nitrogens is 4. The second-order valence-electron chi connectivity index (χ2n) is 5.21. The molecule has 1 amide bonds. The summed E-state index contributed by atoms with van der Waals surface area (Å²) in [7, 11) is 3.51. The van der Waals surface area contributed by atoms with Crippen LogP contribution in [-0.4, -0.2) is 64.9 Å². The number of ether oxygens (including phenoxy) is 1. The number of para-hydroxylation sites is 1. The fourth-order valence-electron chi connectivity index (χ4n) is 2.12. The van der Waals surface area contributed by atoms with Gasteiger partial charge in [-0.15, -0.1) is 5.10 Å². The van der Waals surface area contributed by atoms with E-state index in [1.54, 1.807) is 11.8 Å². The highest BCUT2D eigenvalue weighted by Gasteiger charge is 2.12. The topological polar surface area (TPSA) is 85.2 Å². The molecule has 0 spiro atoms. The van der Waals surface area contributed by atoms with Crippen LogP contribution in [0.3, 0.4) is 0 Å². The molecule has 23 heavy (non-hydrogen) atoms. The van der Waals surface area contributed by atoms with Crippen LogP contribution in [0.4, 0.5) is 0 Å². The van der Waals surface area contributed by atoms with Crippen molar-refractivity contribution in [1.29, 1.82) is 0 Å². The number of nitrogens with zero attached hydrogens (tertiary/aromatic N) is 5. The Morgan fingerprint density at radius 3 is 2.87 bits per heavy atom. The summed E-state index contributed by atoms with van der Waals surface area (Å²) in [4.78, 5) is 13.7. The summed E-state index contributed by atoms with van der Waals surface area (Å²) in [6.45, 7) is 2.02. The minimum atomic E-state index is -0.0256. The van der Waals surface area contributed by atoms with Crippen LogP contribution in [0.25, 0.3) is 5.69 Å². The Kier molecular flexibility index (Phi) is 6.64. The maximum atomic E-state index is 11.8. The van der Waals surface area contributed by atoms with Crippen LogP contribution in [0, 0.1) is 0 Å². The number of nitrogens with one attached hydrogen (secondary N) is 1. The Labute approximate surface area is 135 Å². The molecule has 2 aromatic rings. The minimum Gasteiger partial charge on any atom is -0.385 e. The molecule has 0 saturated heterocycles. The number of carbonyl (C=O) groups is 1. The summed E-state index contributed by atoms with van der Waals surface area (Å²) in [6, 6.07) is 9.66. The smallest absolute Gasteiger partial charge is 0.234 e. The van der Waals surface area contributed by atoms with Gasteiger partial charge in [-0.3, -0.25) is 9.69 Å². The summed E-state index contributed by atoms with van der Waals surface area (Å²) in [5.41, 5.74) is 0.893. The Morgan fingerprint density at radius 1 is 1.35 bits per heavy atom. The first-order chi connectivity index (χ1) is 11.2. The minimum absolute atomic E-state index is 0.0256. The van der Waals surface area contributed by atoms with E-state index in [-0.39, 0.29) is 12.5 Å². The van der Waals surface area contributed by atoms with Gasteiger partial charge < -0.3 is 10.1 Å². The van der Waals surface area contributed by atoms with E-state index in [1.165, 1.54) is 0 Å². The van der Waals surface area contributed by atoms with Crippen molar-refractivity contribution in [2.75, 3.05) is 33.9 Å². The number of hydrogen-bond donors (Lipinski definition) is 1. The molecule has 2 rings (SSSR count). The van der Waals surface area contributed by atoms with E-state index >= 15 is 0 Å². The lowest BCUT2D eigenvalue weighted by Gasteiger charge is -2.15. The second kappa shape index (κ2) is 8.96. The van der Waals surface area contributed by atoms with Gasteiger partial charge in [-0.1, -0.05) is 18.2 Å². The van der Waals surface area contributed by atoms with Crippen LogP contribution in [0.2, 0.25) is 0 Å². The third kappa shape index (κ3) is 5.42. The normalized spacial score (nSPS) is 10.9. The highest BCUT2D eigenvalue weighted by atomic mass is 16.5.